The molecule has 37 heavy (non-hydrogen) atoms. The first-order valence-electron chi connectivity index (χ1n) is 11.9. The topological polar surface area (TPSA) is 72.3 Å². The van der Waals surface area contributed by atoms with Crippen LogP contribution in [0.15, 0.2) is 48.8 Å². The molecular weight excluding hydrogens is 500 g/mol. The van der Waals surface area contributed by atoms with Gasteiger partial charge in [0.2, 0.25) is 5.91 Å². The normalized spacial score (nSPS) is 15.0. The lowest BCUT2D eigenvalue weighted by molar-refractivity contribution is -0.130. The molecule has 0 unspecified atom stereocenters. The molecule has 0 radical (unpaired) electrons. The Morgan fingerprint density at radius 2 is 2.03 bits per heavy atom. The fourth-order valence-electron chi connectivity index (χ4n) is 4.65. The number of nitrogens with one attached hydrogen (secondary N) is 1. The van der Waals surface area contributed by atoms with Crippen molar-refractivity contribution in [3.63, 3.8) is 0 Å². The Balaban J connectivity index is 1.44. The summed E-state index contributed by atoms with van der Waals surface area (Å²) >= 11 is 6.45. The van der Waals surface area contributed by atoms with Gasteiger partial charge in [0.15, 0.2) is 5.82 Å². The predicted molar refractivity (Wildman–Crippen MR) is 137 cm³/mol. The van der Waals surface area contributed by atoms with Crippen LogP contribution in [-0.4, -0.2) is 45.7 Å². The number of aryl methyl sites for hydroxylation is 1. The number of aromatic nitrogens is 3. The van der Waals surface area contributed by atoms with Crippen LogP contribution in [0.4, 0.5) is 8.78 Å². The molecule has 3 heterocycles. The van der Waals surface area contributed by atoms with E-state index in [0.29, 0.717) is 46.9 Å². The molecule has 1 atom stereocenters. The lowest BCUT2D eigenvalue weighted by Crippen LogP contribution is -2.51. The van der Waals surface area contributed by atoms with E-state index in [4.69, 9.17) is 16.3 Å². The molecule has 1 amide bonds. The van der Waals surface area contributed by atoms with Crippen LogP contribution in [0.3, 0.4) is 0 Å². The number of pyridine rings is 1. The van der Waals surface area contributed by atoms with E-state index in [-0.39, 0.29) is 23.5 Å². The van der Waals surface area contributed by atoms with Crippen molar-refractivity contribution in [3.05, 3.63) is 82.3 Å². The van der Waals surface area contributed by atoms with Crippen LogP contribution in [0, 0.1) is 24.5 Å². The first kappa shape index (κ1) is 25.1. The van der Waals surface area contributed by atoms with Crippen LogP contribution in [0.2, 0.25) is 5.02 Å². The monoisotopic (exact) mass is 525 g/mol. The molecular formula is C27H26ClF2N5O2. The van der Waals surface area contributed by atoms with Gasteiger partial charge in [0.1, 0.15) is 23.7 Å². The third-order valence-corrected chi connectivity index (χ3v) is 6.87. The van der Waals surface area contributed by atoms with E-state index in [9.17, 15) is 13.6 Å². The molecule has 1 aliphatic rings. The Hall–Kier alpha value is -3.56. The van der Waals surface area contributed by atoms with E-state index in [1.165, 1.54) is 23.0 Å². The highest BCUT2D eigenvalue weighted by Crippen LogP contribution is 2.32. The molecule has 7 nitrogen and oxygen atoms in total. The maximum atomic E-state index is 14.3. The number of halogens is 3. The lowest BCUT2D eigenvalue weighted by Gasteiger charge is -2.35. The van der Waals surface area contributed by atoms with Crippen molar-refractivity contribution >= 4 is 28.4 Å². The average Bonchev–Trinajstić information content (AvgIpc) is 3.26. The number of fused-ring (bicyclic) bond motifs is 1. The summed E-state index contributed by atoms with van der Waals surface area (Å²) in [6.45, 7) is 5.05. The number of likely N-dealkylation sites (tertiary alicyclic amines) is 1. The van der Waals surface area contributed by atoms with Gasteiger partial charge in [-0.3, -0.25) is 4.79 Å². The smallest absolute Gasteiger partial charge is 0.226 e. The van der Waals surface area contributed by atoms with Crippen molar-refractivity contribution < 1.29 is 18.3 Å². The number of ether oxygens (including phenoxy) is 1. The van der Waals surface area contributed by atoms with Gasteiger partial charge in [-0.2, -0.15) is 5.10 Å². The largest absolute Gasteiger partial charge is 0.487 e. The first-order chi connectivity index (χ1) is 17.7. The molecule has 1 N–H and O–H groups in total. The van der Waals surface area contributed by atoms with Crippen LogP contribution >= 0.6 is 11.6 Å². The van der Waals surface area contributed by atoms with Gasteiger partial charge in [-0.25, -0.2) is 18.4 Å². The maximum absolute atomic E-state index is 14.3. The molecule has 1 fully saturated rings. The first-order valence-corrected chi connectivity index (χ1v) is 12.3. The highest BCUT2D eigenvalue weighted by Gasteiger charge is 2.31. The van der Waals surface area contributed by atoms with Crippen molar-refractivity contribution in [2.45, 2.75) is 26.5 Å². The van der Waals surface area contributed by atoms with Crippen molar-refractivity contribution in [1.82, 2.24) is 25.0 Å². The number of carbonyl (C=O) groups is 1. The Morgan fingerprint density at radius 1 is 1.24 bits per heavy atom. The van der Waals surface area contributed by atoms with E-state index in [1.54, 1.807) is 13.0 Å². The number of rotatable bonds is 7. The molecule has 2 aromatic carbocycles. The molecule has 192 valence electrons. The van der Waals surface area contributed by atoms with Gasteiger partial charge in [0.25, 0.3) is 0 Å². The van der Waals surface area contributed by atoms with Gasteiger partial charge in [-0.15, -0.1) is 0 Å². The molecule has 4 aromatic rings. The summed E-state index contributed by atoms with van der Waals surface area (Å²) in [5.41, 5.74) is 3.05. The number of para-hydroxylation sites is 1. The predicted octanol–water partition coefficient (Wildman–Crippen LogP) is 4.98. The molecule has 0 saturated carbocycles. The summed E-state index contributed by atoms with van der Waals surface area (Å²) in [5.74, 6) is -0.616. The third kappa shape index (κ3) is 5.14. The number of benzene rings is 2. The minimum atomic E-state index is -0.494. The number of amides is 1. The Labute approximate surface area is 218 Å². The van der Waals surface area contributed by atoms with E-state index >= 15 is 0 Å². The molecule has 0 bridgehead atoms. The number of nitrogens with zero attached hydrogens (tertiary/aromatic N) is 4. The standard InChI is InChI=1S/C27H26ClF2N5O2/c1-15-7-24(35-13-19(30)10-31-35)20-5-4-6-25(26(20)32-15)37-14-22-21(8-18(29)9-23(22)28)16(2)33-27(36)17-11-34(3)12-17/h4-10,13,16-17H,11-12,14H2,1-3H3,(H,33,36)/t16-/m0/s1. The van der Waals surface area contributed by atoms with E-state index in [0.717, 1.165) is 11.6 Å². The van der Waals surface area contributed by atoms with Gasteiger partial charge in [0.05, 0.1) is 35.1 Å². The van der Waals surface area contributed by atoms with E-state index in [2.05, 4.69) is 20.3 Å². The SMILES string of the molecule is Cc1cc(-n2cc(F)cn2)c2cccc(OCc3c(Cl)cc(F)cc3[C@H](C)NC(=O)C3CN(C)C3)c2n1. The van der Waals surface area contributed by atoms with Gasteiger partial charge >= 0.3 is 0 Å². The second kappa shape index (κ2) is 10.1. The summed E-state index contributed by atoms with van der Waals surface area (Å²) in [7, 11) is 1.95. The summed E-state index contributed by atoms with van der Waals surface area (Å²) in [6, 6.07) is 9.39. The molecule has 1 aliphatic heterocycles. The van der Waals surface area contributed by atoms with Crippen LogP contribution in [-0.2, 0) is 11.4 Å². The summed E-state index contributed by atoms with van der Waals surface area (Å²) < 4.78 is 35.6. The summed E-state index contributed by atoms with van der Waals surface area (Å²) in [5, 5.41) is 7.99. The van der Waals surface area contributed by atoms with Crippen molar-refractivity contribution in [1.29, 1.82) is 0 Å². The van der Waals surface area contributed by atoms with Crippen LogP contribution in [0.5, 0.6) is 5.75 Å². The van der Waals surface area contributed by atoms with Gasteiger partial charge in [-0.1, -0.05) is 23.7 Å². The van der Waals surface area contributed by atoms with E-state index in [1.807, 2.05) is 32.2 Å². The molecule has 0 spiro atoms. The number of hydrogen-bond donors (Lipinski definition) is 1. The fraction of sp³-hybridized carbons (Fsp3) is 0.296. The average molecular weight is 526 g/mol. The number of carbonyl (C=O) groups excluding carboxylic acids is 1. The van der Waals surface area contributed by atoms with E-state index < -0.39 is 17.7 Å². The molecule has 0 aliphatic carbocycles. The zero-order chi connectivity index (χ0) is 26.3. The summed E-state index contributed by atoms with van der Waals surface area (Å²) in [6.07, 6.45) is 2.44. The highest BCUT2D eigenvalue weighted by atomic mass is 35.5. The van der Waals surface area contributed by atoms with Crippen molar-refractivity contribution in [2.75, 3.05) is 20.1 Å². The summed E-state index contributed by atoms with van der Waals surface area (Å²) in [4.78, 5) is 19.3. The second-order valence-electron chi connectivity index (χ2n) is 9.43. The van der Waals surface area contributed by atoms with Gasteiger partial charge in [-0.05, 0) is 50.7 Å². The van der Waals surface area contributed by atoms with Crippen molar-refractivity contribution in [2.24, 2.45) is 5.92 Å². The zero-order valence-electron chi connectivity index (χ0n) is 20.6. The molecule has 5 rings (SSSR count). The Morgan fingerprint density at radius 3 is 2.73 bits per heavy atom. The zero-order valence-corrected chi connectivity index (χ0v) is 21.4. The Bertz CT molecular complexity index is 1490. The minimum absolute atomic E-state index is 0.0291. The van der Waals surface area contributed by atoms with Crippen LogP contribution in [0.1, 0.15) is 29.8 Å². The minimum Gasteiger partial charge on any atom is -0.487 e. The highest BCUT2D eigenvalue weighted by molar-refractivity contribution is 6.31. The Kier molecular flexibility index (Phi) is 6.83. The third-order valence-electron chi connectivity index (χ3n) is 6.53. The van der Waals surface area contributed by atoms with Gasteiger partial charge < -0.3 is 15.0 Å². The van der Waals surface area contributed by atoms with Gasteiger partial charge in [0, 0.05) is 29.7 Å². The molecule has 1 saturated heterocycles. The number of hydrogen-bond acceptors (Lipinski definition) is 5. The molecule has 10 heteroatoms. The van der Waals surface area contributed by atoms with Crippen LogP contribution in [0.25, 0.3) is 16.6 Å². The second-order valence-corrected chi connectivity index (χ2v) is 9.84. The lowest BCUT2D eigenvalue weighted by atomic mass is 9.97. The van der Waals surface area contributed by atoms with Crippen molar-refractivity contribution in [3.8, 4) is 11.4 Å². The maximum Gasteiger partial charge on any atom is 0.226 e. The molecule has 2 aromatic heterocycles. The quantitative estimate of drug-likeness (QED) is 0.368. The fourth-order valence-corrected chi connectivity index (χ4v) is 4.92. The van der Waals surface area contributed by atoms with Crippen LogP contribution < -0.4 is 10.1 Å².